The van der Waals surface area contributed by atoms with E-state index in [4.69, 9.17) is 4.74 Å². The van der Waals surface area contributed by atoms with E-state index >= 15 is 0 Å². The van der Waals surface area contributed by atoms with Crippen LogP contribution in [0.25, 0.3) is 0 Å². The van der Waals surface area contributed by atoms with Gasteiger partial charge in [-0.3, -0.25) is 9.69 Å². The summed E-state index contributed by atoms with van der Waals surface area (Å²) < 4.78 is 6.23. The van der Waals surface area contributed by atoms with Gasteiger partial charge in [-0.15, -0.1) is 11.3 Å². The Morgan fingerprint density at radius 2 is 2.31 bits per heavy atom. The number of nitrogens with zero attached hydrogens (tertiary/aromatic N) is 1. The number of halogens is 1. The molecule has 0 saturated carbocycles. The number of thiophene rings is 1. The summed E-state index contributed by atoms with van der Waals surface area (Å²) >= 11 is 4.83. The fourth-order valence-corrected chi connectivity index (χ4v) is 2.55. The lowest BCUT2D eigenvalue weighted by Crippen LogP contribution is -2.29. The Balaban J connectivity index is 2.33. The fraction of sp³-hybridized carbons (Fsp3) is 0.545. The summed E-state index contributed by atoms with van der Waals surface area (Å²) in [7, 11) is 1.93. The average molecular weight is 306 g/mol. The van der Waals surface area contributed by atoms with E-state index in [1.165, 1.54) is 11.3 Å². The number of carbonyl (C=O) groups excluding carboxylic acids is 1. The second-order valence-electron chi connectivity index (χ2n) is 3.46. The van der Waals surface area contributed by atoms with Crippen LogP contribution in [0.4, 0.5) is 0 Å². The van der Waals surface area contributed by atoms with Crippen LogP contribution in [0.5, 0.6) is 0 Å². The minimum absolute atomic E-state index is 0.162. The topological polar surface area (TPSA) is 29.5 Å². The maximum absolute atomic E-state index is 11.8. The van der Waals surface area contributed by atoms with E-state index in [2.05, 4.69) is 15.9 Å². The first kappa shape index (κ1) is 13.8. The summed E-state index contributed by atoms with van der Waals surface area (Å²) in [6.07, 6.45) is 0. The van der Waals surface area contributed by atoms with Crippen molar-refractivity contribution in [1.82, 2.24) is 4.90 Å². The number of likely N-dealkylation sites (N-methyl/N-ethyl adjacent to an activating group) is 1. The van der Waals surface area contributed by atoms with E-state index in [9.17, 15) is 4.79 Å². The van der Waals surface area contributed by atoms with Crippen molar-refractivity contribution in [3.05, 3.63) is 20.8 Å². The van der Waals surface area contributed by atoms with Gasteiger partial charge < -0.3 is 4.74 Å². The molecule has 1 aromatic heterocycles. The van der Waals surface area contributed by atoms with E-state index in [0.717, 1.165) is 21.8 Å². The van der Waals surface area contributed by atoms with Gasteiger partial charge in [0.15, 0.2) is 5.78 Å². The van der Waals surface area contributed by atoms with Crippen LogP contribution in [0.1, 0.15) is 16.6 Å². The standard InChI is InChI=1S/C11H16BrNO2S/c1-3-15-7-6-13(2)8-9(14)10-4-5-11(12)16-10/h4-5H,3,6-8H2,1-2H3. The van der Waals surface area contributed by atoms with Crippen molar-refractivity contribution in [3.63, 3.8) is 0 Å². The molecule has 0 radical (unpaired) electrons. The normalized spacial score (nSPS) is 11.0. The van der Waals surface area contributed by atoms with Crippen molar-refractivity contribution in [2.24, 2.45) is 0 Å². The van der Waals surface area contributed by atoms with Crippen molar-refractivity contribution in [2.45, 2.75) is 6.92 Å². The highest BCUT2D eigenvalue weighted by Crippen LogP contribution is 2.22. The molecular formula is C11H16BrNO2S. The Labute approximate surface area is 109 Å². The molecule has 1 rings (SSSR count). The molecule has 1 heterocycles. The molecule has 0 aliphatic carbocycles. The Morgan fingerprint density at radius 1 is 1.56 bits per heavy atom. The highest BCUT2D eigenvalue weighted by Gasteiger charge is 2.11. The zero-order valence-electron chi connectivity index (χ0n) is 9.53. The minimum atomic E-state index is 0.162. The molecule has 0 atom stereocenters. The third-order valence-corrected chi connectivity index (χ3v) is 3.75. The predicted molar refractivity (Wildman–Crippen MR) is 70.3 cm³/mol. The van der Waals surface area contributed by atoms with Gasteiger partial charge in [0.05, 0.1) is 21.8 Å². The van der Waals surface area contributed by atoms with Gasteiger partial charge >= 0.3 is 0 Å². The van der Waals surface area contributed by atoms with Crippen molar-refractivity contribution >= 4 is 33.0 Å². The summed E-state index contributed by atoms with van der Waals surface area (Å²) in [4.78, 5) is 14.6. The third kappa shape index (κ3) is 4.74. The van der Waals surface area contributed by atoms with Crippen LogP contribution in [-0.2, 0) is 4.74 Å². The van der Waals surface area contributed by atoms with Gasteiger partial charge in [-0.05, 0) is 42.0 Å². The largest absolute Gasteiger partial charge is 0.380 e. The number of carbonyl (C=O) groups is 1. The molecule has 0 spiro atoms. The smallest absolute Gasteiger partial charge is 0.186 e. The Bertz CT molecular complexity index is 340. The quantitative estimate of drug-likeness (QED) is 0.573. The maximum Gasteiger partial charge on any atom is 0.186 e. The number of hydrogen-bond donors (Lipinski definition) is 0. The van der Waals surface area contributed by atoms with Crippen LogP contribution < -0.4 is 0 Å². The molecule has 0 fully saturated rings. The number of ketones is 1. The summed E-state index contributed by atoms with van der Waals surface area (Å²) in [5, 5.41) is 0. The minimum Gasteiger partial charge on any atom is -0.380 e. The Kier molecular flexibility index (Phi) is 6.20. The van der Waals surface area contributed by atoms with Gasteiger partial charge in [0.25, 0.3) is 0 Å². The van der Waals surface area contributed by atoms with Gasteiger partial charge in [0, 0.05) is 13.2 Å². The Hall–Kier alpha value is -0.230. The van der Waals surface area contributed by atoms with E-state index < -0.39 is 0 Å². The van der Waals surface area contributed by atoms with Gasteiger partial charge in [-0.25, -0.2) is 0 Å². The molecule has 0 N–H and O–H groups in total. The molecule has 5 heteroatoms. The summed E-state index contributed by atoms with van der Waals surface area (Å²) in [6, 6.07) is 3.76. The first-order chi connectivity index (χ1) is 7.63. The van der Waals surface area contributed by atoms with Crippen molar-refractivity contribution in [2.75, 3.05) is 33.4 Å². The molecule has 0 amide bonds. The molecule has 0 aliphatic rings. The highest BCUT2D eigenvalue weighted by molar-refractivity contribution is 9.11. The second kappa shape index (κ2) is 7.17. The van der Waals surface area contributed by atoms with Crippen LogP contribution in [0.2, 0.25) is 0 Å². The van der Waals surface area contributed by atoms with Crippen LogP contribution in [-0.4, -0.2) is 44.0 Å². The van der Waals surface area contributed by atoms with Crippen LogP contribution in [0.15, 0.2) is 15.9 Å². The molecule has 3 nitrogen and oxygen atoms in total. The van der Waals surface area contributed by atoms with Gasteiger partial charge in [-0.1, -0.05) is 0 Å². The molecule has 0 bridgehead atoms. The number of rotatable bonds is 7. The summed E-state index contributed by atoms with van der Waals surface area (Å²) in [5.41, 5.74) is 0. The number of ether oxygens (including phenoxy) is 1. The van der Waals surface area contributed by atoms with Gasteiger partial charge in [0.2, 0.25) is 0 Å². The van der Waals surface area contributed by atoms with Gasteiger partial charge in [0.1, 0.15) is 0 Å². The first-order valence-corrected chi connectivity index (χ1v) is 6.79. The van der Waals surface area contributed by atoms with Crippen LogP contribution >= 0.6 is 27.3 Å². The second-order valence-corrected chi connectivity index (χ2v) is 5.92. The van der Waals surface area contributed by atoms with E-state index in [1.54, 1.807) is 0 Å². The lowest BCUT2D eigenvalue weighted by atomic mass is 10.3. The monoisotopic (exact) mass is 305 g/mol. The third-order valence-electron chi connectivity index (χ3n) is 2.08. The highest BCUT2D eigenvalue weighted by atomic mass is 79.9. The molecule has 0 unspecified atom stereocenters. The predicted octanol–water partition coefficient (Wildman–Crippen LogP) is 2.66. The molecular weight excluding hydrogens is 290 g/mol. The molecule has 1 aromatic rings. The number of Topliss-reactive ketones (excluding diaryl/α,β-unsaturated/α-hetero) is 1. The van der Waals surface area contributed by atoms with E-state index in [1.807, 2.05) is 31.0 Å². The van der Waals surface area contributed by atoms with E-state index in [-0.39, 0.29) is 5.78 Å². The summed E-state index contributed by atoms with van der Waals surface area (Å²) in [6.45, 7) is 4.59. The lowest BCUT2D eigenvalue weighted by molar-refractivity contribution is 0.0900. The average Bonchev–Trinajstić information content (AvgIpc) is 2.65. The zero-order chi connectivity index (χ0) is 12.0. The van der Waals surface area contributed by atoms with Crippen LogP contribution in [0, 0.1) is 0 Å². The van der Waals surface area contributed by atoms with Crippen molar-refractivity contribution < 1.29 is 9.53 Å². The molecule has 90 valence electrons. The molecule has 16 heavy (non-hydrogen) atoms. The van der Waals surface area contributed by atoms with Crippen molar-refractivity contribution in [3.8, 4) is 0 Å². The molecule has 0 aliphatic heterocycles. The van der Waals surface area contributed by atoms with Crippen LogP contribution in [0.3, 0.4) is 0 Å². The molecule has 0 saturated heterocycles. The van der Waals surface area contributed by atoms with E-state index in [0.29, 0.717) is 13.2 Å². The fourth-order valence-electron chi connectivity index (χ4n) is 1.23. The SMILES string of the molecule is CCOCCN(C)CC(=O)c1ccc(Br)s1. The zero-order valence-corrected chi connectivity index (χ0v) is 11.9. The first-order valence-electron chi connectivity index (χ1n) is 5.18. The number of hydrogen-bond acceptors (Lipinski definition) is 4. The molecule has 0 aromatic carbocycles. The maximum atomic E-state index is 11.8. The van der Waals surface area contributed by atoms with Crippen molar-refractivity contribution in [1.29, 1.82) is 0 Å². The lowest BCUT2D eigenvalue weighted by Gasteiger charge is -2.14. The van der Waals surface area contributed by atoms with Gasteiger partial charge in [-0.2, -0.15) is 0 Å². The summed E-state index contributed by atoms with van der Waals surface area (Å²) in [5.74, 6) is 0.162. The Morgan fingerprint density at radius 3 is 2.88 bits per heavy atom.